The summed E-state index contributed by atoms with van der Waals surface area (Å²) in [5, 5.41) is 16.5. The first kappa shape index (κ1) is 22.9. The Morgan fingerprint density at radius 3 is 2.56 bits per heavy atom. The number of aliphatic hydroxyl groups excluding tert-OH is 1. The largest absolute Gasteiger partial charge is 0.393 e. The molecule has 1 saturated carbocycles. The third-order valence-electron chi connectivity index (χ3n) is 7.14. The number of aryl methyl sites for hydroxylation is 1. The first-order valence-electron chi connectivity index (χ1n) is 12.4. The molecule has 5 rings (SSSR count). The van der Waals surface area contributed by atoms with E-state index in [1.165, 1.54) is 0 Å². The highest BCUT2D eigenvalue weighted by atomic mass is 16.5. The van der Waals surface area contributed by atoms with Crippen molar-refractivity contribution < 1.29 is 14.6 Å². The Balaban J connectivity index is 1.46. The van der Waals surface area contributed by atoms with Gasteiger partial charge in [-0.15, -0.1) is 0 Å². The van der Waals surface area contributed by atoms with Crippen LogP contribution in [0.5, 0.6) is 0 Å². The maximum absolute atomic E-state index is 12.6. The number of nitrogens with one attached hydrogen (secondary N) is 2. The van der Waals surface area contributed by atoms with Crippen LogP contribution in [-0.2, 0) is 4.74 Å². The van der Waals surface area contributed by atoms with Crippen LogP contribution in [0.25, 0.3) is 11.1 Å². The van der Waals surface area contributed by atoms with E-state index in [-0.39, 0.29) is 17.7 Å². The molecule has 8 nitrogen and oxygen atoms in total. The van der Waals surface area contributed by atoms with Crippen LogP contribution in [0.15, 0.2) is 30.3 Å². The summed E-state index contributed by atoms with van der Waals surface area (Å²) in [5.41, 5.74) is 3.89. The average Bonchev–Trinajstić information content (AvgIpc) is 3.35. The molecule has 0 radical (unpaired) electrons. The summed E-state index contributed by atoms with van der Waals surface area (Å²) in [7, 11) is 0. The Morgan fingerprint density at radius 1 is 1.12 bits per heavy atom. The fourth-order valence-corrected chi connectivity index (χ4v) is 5.22. The van der Waals surface area contributed by atoms with Gasteiger partial charge in [-0.05, 0) is 80.5 Å². The van der Waals surface area contributed by atoms with Crippen molar-refractivity contribution in [2.75, 3.05) is 54.9 Å². The molecular weight excluding hydrogens is 430 g/mol. The normalized spacial score (nSPS) is 24.6. The van der Waals surface area contributed by atoms with Crippen LogP contribution in [0, 0.1) is 6.92 Å². The van der Waals surface area contributed by atoms with Crippen molar-refractivity contribution >= 4 is 23.4 Å². The summed E-state index contributed by atoms with van der Waals surface area (Å²) in [6, 6.07) is 10.2. The lowest BCUT2D eigenvalue weighted by Crippen LogP contribution is -2.50. The van der Waals surface area contributed by atoms with E-state index in [1.807, 2.05) is 11.0 Å². The molecule has 3 heterocycles. The van der Waals surface area contributed by atoms with E-state index >= 15 is 0 Å². The molecule has 2 saturated heterocycles. The summed E-state index contributed by atoms with van der Waals surface area (Å²) >= 11 is 0. The Morgan fingerprint density at radius 2 is 1.85 bits per heavy atom. The van der Waals surface area contributed by atoms with E-state index in [9.17, 15) is 9.90 Å². The lowest BCUT2D eigenvalue weighted by molar-refractivity contribution is 0.0421. The van der Waals surface area contributed by atoms with E-state index in [2.05, 4.69) is 53.6 Å². The third kappa shape index (κ3) is 4.98. The molecule has 34 heavy (non-hydrogen) atoms. The lowest BCUT2D eigenvalue weighted by Gasteiger charge is -2.43. The molecule has 182 valence electrons. The van der Waals surface area contributed by atoms with Crippen LogP contribution in [0.3, 0.4) is 0 Å². The molecule has 2 aromatic rings. The highest BCUT2D eigenvalue weighted by molar-refractivity contribution is 5.91. The van der Waals surface area contributed by atoms with Crippen LogP contribution in [-0.4, -0.2) is 72.1 Å². The Kier molecular flexibility index (Phi) is 6.36. The molecule has 3 N–H and O–H groups in total. The predicted molar refractivity (Wildman–Crippen MR) is 135 cm³/mol. The smallest absolute Gasteiger partial charge is 0.321 e. The number of hydrogen-bond donors (Lipinski definition) is 3. The maximum Gasteiger partial charge on any atom is 0.321 e. The van der Waals surface area contributed by atoms with E-state index in [1.54, 1.807) is 0 Å². The van der Waals surface area contributed by atoms with Crippen molar-refractivity contribution in [3.63, 3.8) is 0 Å². The molecule has 0 atom stereocenters. The highest BCUT2D eigenvalue weighted by Crippen LogP contribution is 2.37. The number of rotatable bonds is 5. The molecule has 2 amide bonds. The van der Waals surface area contributed by atoms with Gasteiger partial charge in [-0.2, -0.15) is 0 Å². The Labute approximate surface area is 201 Å². The first-order chi connectivity index (χ1) is 16.4. The van der Waals surface area contributed by atoms with Crippen molar-refractivity contribution in [2.24, 2.45) is 0 Å². The van der Waals surface area contributed by atoms with Crippen molar-refractivity contribution in [2.45, 2.75) is 51.2 Å². The third-order valence-corrected chi connectivity index (χ3v) is 7.14. The zero-order valence-electron chi connectivity index (χ0n) is 20.1. The summed E-state index contributed by atoms with van der Waals surface area (Å²) in [6.07, 6.45) is 3.31. The van der Waals surface area contributed by atoms with E-state index in [4.69, 9.17) is 9.72 Å². The van der Waals surface area contributed by atoms with Crippen molar-refractivity contribution in [3.8, 4) is 11.1 Å². The van der Waals surface area contributed by atoms with E-state index in [0.717, 1.165) is 73.0 Å². The number of urea groups is 1. The number of carbonyl (C=O) groups excluding carboxylic acids is 1. The number of nitrogens with zero attached hydrogens (tertiary/aromatic N) is 3. The van der Waals surface area contributed by atoms with Crippen LogP contribution < -0.4 is 15.5 Å². The first-order valence-corrected chi connectivity index (χ1v) is 12.4. The average molecular weight is 466 g/mol. The molecule has 0 spiro atoms. The van der Waals surface area contributed by atoms with Crippen molar-refractivity contribution in [1.82, 2.24) is 9.88 Å². The van der Waals surface area contributed by atoms with Gasteiger partial charge in [-0.1, -0.05) is 6.07 Å². The highest BCUT2D eigenvalue weighted by Gasteiger charge is 2.39. The predicted octanol–water partition coefficient (Wildman–Crippen LogP) is 3.85. The number of anilines is 3. The minimum Gasteiger partial charge on any atom is -0.393 e. The lowest BCUT2D eigenvalue weighted by atomic mass is 9.76. The number of hydrogen-bond acceptors (Lipinski definition) is 6. The molecule has 3 fully saturated rings. The molecule has 2 aliphatic heterocycles. The number of morpholine rings is 1. The van der Waals surface area contributed by atoms with Gasteiger partial charge in [0.1, 0.15) is 11.6 Å². The monoisotopic (exact) mass is 465 g/mol. The van der Waals surface area contributed by atoms with Gasteiger partial charge < -0.3 is 30.3 Å². The second-order valence-corrected chi connectivity index (χ2v) is 10.1. The van der Waals surface area contributed by atoms with Gasteiger partial charge in [-0.3, -0.25) is 0 Å². The van der Waals surface area contributed by atoms with Crippen LogP contribution >= 0.6 is 0 Å². The fraction of sp³-hybridized carbons (Fsp3) is 0.538. The molecule has 3 aliphatic rings. The second kappa shape index (κ2) is 9.43. The molecule has 0 unspecified atom stereocenters. The fourth-order valence-electron chi connectivity index (χ4n) is 5.22. The maximum atomic E-state index is 12.6. The van der Waals surface area contributed by atoms with Crippen molar-refractivity contribution in [3.05, 3.63) is 35.9 Å². The quantitative estimate of drug-likeness (QED) is 0.622. The van der Waals surface area contributed by atoms with Gasteiger partial charge in [0.05, 0.1) is 19.3 Å². The summed E-state index contributed by atoms with van der Waals surface area (Å²) in [6.45, 7) is 8.84. The van der Waals surface area contributed by atoms with Gasteiger partial charge in [0.25, 0.3) is 0 Å². The van der Waals surface area contributed by atoms with Crippen LogP contribution in [0.1, 0.15) is 38.2 Å². The van der Waals surface area contributed by atoms with Gasteiger partial charge in [0.15, 0.2) is 0 Å². The number of amides is 2. The minimum atomic E-state index is -0.252. The SMILES string of the molecule is Cc1ccc(NC(=O)N2CCCC2)cc1-c1cc(N[C@]2(C)C[C@H](O)C2)nc(N2CCOCC2)c1. The van der Waals surface area contributed by atoms with E-state index < -0.39 is 0 Å². The zero-order chi connectivity index (χ0) is 23.7. The summed E-state index contributed by atoms with van der Waals surface area (Å²) in [4.78, 5) is 21.7. The molecule has 1 aromatic heterocycles. The molecule has 8 heteroatoms. The molecular formula is C26H35N5O3. The van der Waals surface area contributed by atoms with Crippen LogP contribution in [0.4, 0.5) is 22.1 Å². The van der Waals surface area contributed by atoms with Crippen LogP contribution in [0.2, 0.25) is 0 Å². The number of likely N-dealkylation sites (tertiary alicyclic amines) is 1. The number of ether oxygens (including phenoxy) is 1. The number of aromatic nitrogens is 1. The zero-order valence-corrected chi connectivity index (χ0v) is 20.1. The van der Waals surface area contributed by atoms with Gasteiger partial charge in [0.2, 0.25) is 0 Å². The topological polar surface area (TPSA) is 90.0 Å². The molecule has 1 aliphatic carbocycles. The molecule has 1 aromatic carbocycles. The van der Waals surface area contributed by atoms with Gasteiger partial charge in [0, 0.05) is 37.4 Å². The Bertz CT molecular complexity index is 1040. The number of benzene rings is 1. The van der Waals surface area contributed by atoms with E-state index in [0.29, 0.717) is 26.1 Å². The molecule has 0 bridgehead atoms. The second-order valence-electron chi connectivity index (χ2n) is 10.1. The van der Waals surface area contributed by atoms with Gasteiger partial charge in [-0.25, -0.2) is 9.78 Å². The Hall–Kier alpha value is -2.84. The summed E-state index contributed by atoms with van der Waals surface area (Å²) < 4.78 is 5.54. The number of aliphatic hydroxyl groups is 1. The van der Waals surface area contributed by atoms with Crippen molar-refractivity contribution in [1.29, 1.82) is 0 Å². The number of carbonyl (C=O) groups is 1. The standard InChI is InChI=1S/C26H35N5O3/c1-18-5-6-20(27-25(33)31-7-3-4-8-31)15-22(18)19-13-23(29-26(2)16-21(32)17-26)28-24(14-19)30-9-11-34-12-10-30/h5-6,13-15,21,32H,3-4,7-12,16-17H2,1-2H3,(H,27,33)(H,28,29)/t21-,26+. The van der Waals surface area contributed by atoms with Gasteiger partial charge >= 0.3 is 6.03 Å². The summed E-state index contributed by atoms with van der Waals surface area (Å²) in [5.74, 6) is 1.72. The minimum absolute atomic E-state index is 0.0325. The number of pyridine rings is 1.